The van der Waals surface area contributed by atoms with Gasteiger partial charge in [-0.15, -0.1) is 0 Å². The molecule has 1 aromatic rings. The molecule has 3 heteroatoms. The number of amidine groups is 1. The molecule has 0 spiro atoms. The third-order valence-corrected chi connectivity index (χ3v) is 2.10. The van der Waals surface area contributed by atoms with Gasteiger partial charge in [0.15, 0.2) is 0 Å². The van der Waals surface area contributed by atoms with Gasteiger partial charge in [0.05, 0.1) is 6.54 Å². The van der Waals surface area contributed by atoms with Crippen LogP contribution in [0.25, 0.3) is 0 Å². The van der Waals surface area contributed by atoms with Gasteiger partial charge in [0.1, 0.15) is 5.84 Å². The SMILES string of the molecule is CC(C)Cc1cccc(C=NCC(=N)N)c1. The molecule has 16 heavy (non-hydrogen) atoms. The topological polar surface area (TPSA) is 62.2 Å². The van der Waals surface area contributed by atoms with Crippen molar-refractivity contribution in [1.82, 2.24) is 0 Å². The van der Waals surface area contributed by atoms with Crippen LogP contribution in [-0.2, 0) is 6.42 Å². The Morgan fingerprint density at radius 2 is 2.25 bits per heavy atom. The summed E-state index contributed by atoms with van der Waals surface area (Å²) in [6.45, 7) is 4.68. The molecule has 1 rings (SSSR count). The van der Waals surface area contributed by atoms with E-state index in [9.17, 15) is 0 Å². The number of hydrogen-bond acceptors (Lipinski definition) is 2. The van der Waals surface area contributed by atoms with E-state index in [1.165, 1.54) is 5.56 Å². The molecule has 0 heterocycles. The van der Waals surface area contributed by atoms with E-state index in [0.29, 0.717) is 5.92 Å². The largest absolute Gasteiger partial charge is 0.386 e. The highest BCUT2D eigenvalue weighted by atomic mass is 14.8. The fraction of sp³-hybridized carbons (Fsp3) is 0.385. The van der Waals surface area contributed by atoms with E-state index in [2.05, 4.69) is 31.0 Å². The van der Waals surface area contributed by atoms with E-state index in [-0.39, 0.29) is 12.4 Å². The summed E-state index contributed by atoms with van der Waals surface area (Å²) in [7, 11) is 0. The molecule has 0 fully saturated rings. The summed E-state index contributed by atoms with van der Waals surface area (Å²) in [5, 5.41) is 7.06. The van der Waals surface area contributed by atoms with Crippen LogP contribution in [0.5, 0.6) is 0 Å². The standard InChI is InChI=1S/C13H19N3/c1-10(2)6-11-4-3-5-12(7-11)8-16-9-13(14)15/h3-5,7-8,10H,6,9H2,1-2H3,(H3,14,15). The van der Waals surface area contributed by atoms with Gasteiger partial charge in [0.25, 0.3) is 0 Å². The normalized spacial score (nSPS) is 11.2. The maximum Gasteiger partial charge on any atom is 0.113 e. The molecular weight excluding hydrogens is 198 g/mol. The molecule has 1 aromatic carbocycles. The van der Waals surface area contributed by atoms with E-state index in [1.807, 2.05) is 12.1 Å². The van der Waals surface area contributed by atoms with Crippen LogP contribution in [0.2, 0.25) is 0 Å². The Labute approximate surface area is 96.9 Å². The maximum atomic E-state index is 7.06. The van der Waals surface area contributed by atoms with Crippen LogP contribution in [0.1, 0.15) is 25.0 Å². The van der Waals surface area contributed by atoms with Crippen LogP contribution in [0, 0.1) is 11.3 Å². The molecule has 3 N–H and O–H groups in total. The van der Waals surface area contributed by atoms with E-state index >= 15 is 0 Å². The average Bonchev–Trinajstić information content (AvgIpc) is 2.16. The van der Waals surface area contributed by atoms with Crippen LogP contribution in [0.4, 0.5) is 0 Å². The smallest absolute Gasteiger partial charge is 0.113 e. The Kier molecular flexibility index (Phi) is 4.70. The van der Waals surface area contributed by atoms with Gasteiger partial charge < -0.3 is 5.73 Å². The first-order chi connectivity index (χ1) is 7.58. The molecule has 0 saturated heterocycles. The quantitative estimate of drug-likeness (QED) is 0.576. The van der Waals surface area contributed by atoms with Crippen LogP contribution in [0.15, 0.2) is 29.3 Å². The van der Waals surface area contributed by atoms with E-state index < -0.39 is 0 Å². The summed E-state index contributed by atoms with van der Waals surface area (Å²) in [6.07, 6.45) is 2.85. The lowest BCUT2D eigenvalue weighted by atomic mass is 10.0. The van der Waals surface area contributed by atoms with Gasteiger partial charge in [-0.2, -0.15) is 0 Å². The number of hydrogen-bond donors (Lipinski definition) is 2. The fourth-order valence-electron chi connectivity index (χ4n) is 1.52. The van der Waals surface area contributed by atoms with Gasteiger partial charge in [-0.3, -0.25) is 10.4 Å². The molecule has 0 aliphatic rings. The molecule has 0 aromatic heterocycles. The van der Waals surface area contributed by atoms with E-state index in [4.69, 9.17) is 11.1 Å². The molecule has 0 unspecified atom stereocenters. The predicted octanol–water partition coefficient (Wildman–Crippen LogP) is 2.24. The Bertz CT molecular complexity index is 381. The lowest BCUT2D eigenvalue weighted by molar-refractivity contribution is 0.647. The molecule has 0 bridgehead atoms. The number of nitrogens with one attached hydrogen (secondary N) is 1. The van der Waals surface area contributed by atoms with Crippen LogP contribution in [-0.4, -0.2) is 18.6 Å². The first-order valence-corrected chi connectivity index (χ1v) is 5.49. The molecule has 0 saturated carbocycles. The average molecular weight is 217 g/mol. The molecular formula is C13H19N3. The summed E-state index contributed by atoms with van der Waals surface area (Å²) in [5.74, 6) is 0.749. The minimum Gasteiger partial charge on any atom is -0.386 e. The molecule has 0 radical (unpaired) electrons. The zero-order valence-corrected chi connectivity index (χ0v) is 9.90. The molecule has 86 valence electrons. The van der Waals surface area contributed by atoms with Crippen molar-refractivity contribution in [1.29, 1.82) is 5.41 Å². The van der Waals surface area contributed by atoms with Gasteiger partial charge in [0.2, 0.25) is 0 Å². The number of nitrogens with zero attached hydrogens (tertiary/aromatic N) is 1. The summed E-state index contributed by atoms with van der Waals surface area (Å²) in [5.41, 5.74) is 7.61. The summed E-state index contributed by atoms with van der Waals surface area (Å²) < 4.78 is 0. The minimum absolute atomic E-state index is 0.0922. The van der Waals surface area contributed by atoms with Crippen molar-refractivity contribution in [3.05, 3.63) is 35.4 Å². The van der Waals surface area contributed by atoms with Crippen LogP contribution >= 0.6 is 0 Å². The third-order valence-electron chi connectivity index (χ3n) is 2.10. The van der Waals surface area contributed by atoms with E-state index in [1.54, 1.807) is 6.21 Å². The monoisotopic (exact) mass is 217 g/mol. The van der Waals surface area contributed by atoms with Gasteiger partial charge in [-0.1, -0.05) is 38.1 Å². The van der Waals surface area contributed by atoms with Crippen molar-refractivity contribution < 1.29 is 0 Å². The Morgan fingerprint density at radius 1 is 1.50 bits per heavy atom. The van der Waals surface area contributed by atoms with Gasteiger partial charge in [-0.25, -0.2) is 0 Å². The highest BCUT2D eigenvalue weighted by Gasteiger charge is 1.97. The second-order valence-corrected chi connectivity index (χ2v) is 4.34. The Hall–Kier alpha value is -1.64. The number of benzene rings is 1. The van der Waals surface area contributed by atoms with Crippen molar-refractivity contribution in [3.8, 4) is 0 Å². The third kappa shape index (κ3) is 4.73. The Balaban J connectivity index is 2.67. The first kappa shape index (κ1) is 12.4. The molecule has 0 atom stereocenters. The lowest BCUT2D eigenvalue weighted by Gasteiger charge is -2.05. The van der Waals surface area contributed by atoms with Crippen molar-refractivity contribution in [3.63, 3.8) is 0 Å². The molecule has 0 aliphatic carbocycles. The van der Waals surface area contributed by atoms with Crippen molar-refractivity contribution in [2.24, 2.45) is 16.6 Å². The van der Waals surface area contributed by atoms with Gasteiger partial charge in [-0.05, 0) is 23.5 Å². The highest BCUT2D eigenvalue weighted by molar-refractivity contribution is 5.84. The zero-order chi connectivity index (χ0) is 12.0. The lowest BCUT2D eigenvalue weighted by Crippen LogP contribution is -2.13. The molecule has 3 nitrogen and oxygen atoms in total. The molecule has 0 amide bonds. The van der Waals surface area contributed by atoms with Crippen molar-refractivity contribution in [2.45, 2.75) is 20.3 Å². The van der Waals surface area contributed by atoms with E-state index in [0.717, 1.165) is 12.0 Å². The summed E-state index contributed by atoms with van der Waals surface area (Å²) >= 11 is 0. The van der Waals surface area contributed by atoms with Gasteiger partial charge in [0, 0.05) is 6.21 Å². The van der Waals surface area contributed by atoms with Crippen molar-refractivity contribution >= 4 is 12.1 Å². The van der Waals surface area contributed by atoms with Crippen LogP contribution < -0.4 is 5.73 Å². The molecule has 0 aliphatic heterocycles. The predicted molar refractivity (Wildman–Crippen MR) is 69.4 cm³/mol. The fourth-order valence-corrected chi connectivity index (χ4v) is 1.52. The minimum atomic E-state index is 0.0922. The maximum absolute atomic E-state index is 7.06. The van der Waals surface area contributed by atoms with Crippen LogP contribution in [0.3, 0.4) is 0 Å². The summed E-state index contributed by atoms with van der Waals surface area (Å²) in [4.78, 5) is 4.09. The highest BCUT2D eigenvalue weighted by Crippen LogP contribution is 2.09. The second-order valence-electron chi connectivity index (χ2n) is 4.34. The van der Waals surface area contributed by atoms with Gasteiger partial charge >= 0.3 is 0 Å². The number of nitrogens with two attached hydrogens (primary N) is 1. The Morgan fingerprint density at radius 3 is 2.88 bits per heavy atom. The number of rotatable bonds is 5. The second kappa shape index (κ2) is 6.05. The summed E-state index contributed by atoms with van der Waals surface area (Å²) in [6, 6.07) is 8.30. The van der Waals surface area contributed by atoms with Crippen molar-refractivity contribution in [2.75, 3.05) is 6.54 Å². The first-order valence-electron chi connectivity index (χ1n) is 5.49. The zero-order valence-electron chi connectivity index (χ0n) is 9.90. The number of aliphatic imine (C=N–C) groups is 1.